The number of fused-ring (bicyclic) bond motifs is 1. The van der Waals surface area contributed by atoms with Gasteiger partial charge >= 0.3 is 18.2 Å². The summed E-state index contributed by atoms with van der Waals surface area (Å²) >= 11 is 0. The zero-order valence-corrected chi connectivity index (χ0v) is 26.7. The van der Waals surface area contributed by atoms with E-state index in [0.29, 0.717) is 27.5 Å². The standard InChI is InChI=1S/C35H38N2O9/c1-34(2,3)45-32(40)37(33(41)46-35(4,5)6)44-22-25-17-28(31(38)39)36-27-19-30(43-21-24-15-11-8-12-16-24)29(18-26(25)27)42-20-23-13-9-7-10-14-23/h7-19H,20-22H2,1-6H3,(H,38,39). The summed E-state index contributed by atoms with van der Waals surface area (Å²) in [6.45, 7) is 9.88. The molecule has 0 unspecified atom stereocenters. The van der Waals surface area contributed by atoms with Crippen molar-refractivity contribution in [3.63, 3.8) is 0 Å². The predicted octanol–water partition coefficient (Wildman–Crippen LogP) is 7.69. The first-order chi connectivity index (χ1) is 21.7. The fourth-order valence-electron chi connectivity index (χ4n) is 4.15. The summed E-state index contributed by atoms with van der Waals surface area (Å²) in [7, 11) is 0. The van der Waals surface area contributed by atoms with Crippen LogP contribution in [0.25, 0.3) is 10.9 Å². The van der Waals surface area contributed by atoms with E-state index in [2.05, 4.69) is 4.98 Å². The number of hydroxylamine groups is 2. The Morgan fingerprint density at radius 2 is 1.17 bits per heavy atom. The van der Waals surface area contributed by atoms with Crippen LogP contribution in [0.2, 0.25) is 0 Å². The molecular weight excluding hydrogens is 592 g/mol. The molecule has 0 radical (unpaired) electrons. The third-order valence-corrected chi connectivity index (χ3v) is 6.12. The van der Waals surface area contributed by atoms with Crippen LogP contribution in [0, 0.1) is 0 Å². The van der Waals surface area contributed by atoms with Gasteiger partial charge in [-0.05, 0) is 70.4 Å². The van der Waals surface area contributed by atoms with E-state index in [1.165, 1.54) is 6.07 Å². The molecular formula is C35H38N2O9. The molecule has 0 bridgehead atoms. The maximum Gasteiger partial charge on any atom is 0.444 e. The first-order valence-corrected chi connectivity index (χ1v) is 14.6. The van der Waals surface area contributed by atoms with Gasteiger partial charge in [-0.1, -0.05) is 65.7 Å². The number of amides is 2. The van der Waals surface area contributed by atoms with Crippen molar-refractivity contribution >= 4 is 29.1 Å². The lowest BCUT2D eigenvalue weighted by molar-refractivity contribution is -0.145. The lowest BCUT2D eigenvalue weighted by atomic mass is 10.1. The quantitative estimate of drug-likeness (QED) is 0.174. The number of carboxylic acids is 1. The van der Waals surface area contributed by atoms with Gasteiger partial charge in [0, 0.05) is 11.5 Å². The van der Waals surface area contributed by atoms with E-state index in [4.69, 9.17) is 23.8 Å². The number of carboxylic acid groups (broad SMARTS) is 1. The fourth-order valence-corrected chi connectivity index (χ4v) is 4.15. The third kappa shape index (κ3) is 9.67. The highest BCUT2D eigenvalue weighted by molar-refractivity contribution is 5.93. The zero-order valence-electron chi connectivity index (χ0n) is 26.7. The van der Waals surface area contributed by atoms with E-state index in [9.17, 15) is 19.5 Å². The van der Waals surface area contributed by atoms with E-state index in [1.807, 2.05) is 60.7 Å². The normalized spacial score (nSPS) is 11.5. The number of pyridine rings is 1. The smallest absolute Gasteiger partial charge is 0.444 e. The summed E-state index contributed by atoms with van der Waals surface area (Å²) in [5, 5.41) is 10.7. The highest BCUT2D eigenvalue weighted by Gasteiger charge is 2.33. The van der Waals surface area contributed by atoms with Crippen LogP contribution in [0.1, 0.15) is 68.7 Å². The van der Waals surface area contributed by atoms with E-state index in [0.717, 1.165) is 11.1 Å². The van der Waals surface area contributed by atoms with Crippen LogP contribution in [0.15, 0.2) is 78.9 Å². The number of ether oxygens (including phenoxy) is 4. The van der Waals surface area contributed by atoms with Crippen LogP contribution < -0.4 is 9.47 Å². The lowest BCUT2D eigenvalue weighted by Gasteiger charge is -2.27. The molecule has 0 aliphatic carbocycles. The molecule has 2 amide bonds. The molecule has 0 atom stereocenters. The first-order valence-electron chi connectivity index (χ1n) is 14.6. The molecule has 46 heavy (non-hydrogen) atoms. The third-order valence-electron chi connectivity index (χ3n) is 6.12. The van der Waals surface area contributed by atoms with E-state index in [1.54, 1.807) is 53.7 Å². The highest BCUT2D eigenvalue weighted by Crippen LogP contribution is 2.35. The minimum Gasteiger partial charge on any atom is -0.485 e. The molecule has 0 saturated carbocycles. The van der Waals surface area contributed by atoms with Gasteiger partial charge in [0.15, 0.2) is 11.5 Å². The summed E-state index contributed by atoms with van der Waals surface area (Å²) < 4.78 is 23.1. The molecule has 11 heteroatoms. The first kappa shape index (κ1) is 33.7. The molecule has 0 fully saturated rings. The SMILES string of the molecule is CC(C)(C)OC(=O)N(OCc1cc(C(=O)O)nc2cc(OCc3ccccc3)c(OCc3ccccc3)cc12)C(=O)OC(C)(C)C. The van der Waals surface area contributed by atoms with Crippen LogP contribution in [0.4, 0.5) is 9.59 Å². The van der Waals surface area contributed by atoms with Crippen LogP contribution >= 0.6 is 0 Å². The van der Waals surface area contributed by atoms with Gasteiger partial charge in [-0.2, -0.15) is 0 Å². The maximum atomic E-state index is 13.0. The monoisotopic (exact) mass is 630 g/mol. The fraction of sp³-hybridized carbons (Fsp3) is 0.314. The molecule has 1 heterocycles. The maximum absolute atomic E-state index is 13.0. The second-order valence-corrected chi connectivity index (χ2v) is 12.4. The summed E-state index contributed by atoms with van der Waals surface area (Å²) in [5.41, 5.74) is 0.253. The summed E-state index contributed by atoms with van der Waals surface area (Å²) in [5.74, 6) is -0.566. The predicted molar refractivity (Wildman–Crippen MR) is 169 cm³/mol. The summed E-state index contributed by atoms with van der Waals surface area (Å²) in [6, 6.07) is 23.7. The van der Waals surface area contributed by atoms with Crippen LogP contribution in [0.5, 0.6) is 11.5 Å². The molecule has 11 nitrogen and oxygen atoms in total. The second kappa shape index (κ2) is 14.3. The average molecular weight is 631 g/mol. The van der Waals surface area contributed by atoms with Crippen LogP contribution in [-0.2, 0) is 34.1 Å². The lowest BCUT2D eigenvalue weighted by Crippen LogP contribution is -2.43. The molecule has 0 spiro atoms. The van der Waals surface area contributed by atoms with E-state index < -0.39 is 36.0 Å². The molecule has 3 aromatic carbocycles. The van der Waals surface area contributed by atoms with Gasteiger partial charge in [0.2, 0.25) is 0 Å². The summed E-state index contributed by atoms with van der Waals surface area (Å²) in [4.78, 5) is 48.0. The molecule has 1 N–H and O–H groups in total. The molecule has 0 aliphatic rings. The second-order valence-electron chi connectivity index (χ2n) is 12.4. The van der Waals surface area contributed by atoms with Gasteiger partial charge in [-0.15, -0.1) is 0 Å². The average Bonchev–Trinajstić information content (AvgIpc) is 2.98. The highest BCUT2D eigenvalue weighted by atomic mass is 16.8. The Hall–Kier alpha value is -5.16. The van der Waals surface area contributed by atoms with Gasteiger partial charge < -0.3 is 24.1 Å². The Labute approximate surface area is 267 Å². The Bertz CT molecular complexity index is 1650. The number of imide groups is 1. The molecule has 1 aromatic heterocycles. The molecule has 0 saturated heterocycles. The zero-order chi connectivity index (χ0) is 33.5. The van der Waals surface area contributed by atoms with E-state index in [-0.39, 0.29) is 24.4 Å². The van der Waals surface area contributed by atoms with Crippen molar-refractivity contribution in [2.75, 3.05) is 0 Å². The number of benzene rings is 3. The van der Waals surface area contributed by atoms with Crippen molar-refractivity contribution < 1.29 is 43.3 Å². The van der Waals surface area contributed by atoms with E-state index >= 15 is 0 Å². The molecule has 4 rings (SSSR count). The van der Waals surface area contributed by atoms with Crippen LogP contribution in [-0.4, -0.2) is 44.5 Å². The topological polar surface area (TPSA) is 134 Å². The van der Waals surface area contributed by atoms with Gasteiger partial charge in [-0.3, -0.25) is 4.84 Å². The minimum atomic E-state index is -1.28. The Morgan fingerprint density at radius 3 is 1.63 bits per heavy atom. The molecule has 4 aromatic rings. The van der Waals surface area contributed by atoms with Gasteiger partial charge in [0.1, 0.15) is 36.7 Å². The van der Waals surface area contributed by atoms with Gasteiger partial charge in [0.25, 0.3) is 0 Å². The molecule has 242 valence electrons. The number of hydrogen-bond acceptors (Lipinski definition) is 9. The number of hydrogen-bond donors (Lipinski definition) is 1. The van der Waals surface area contributed by atoms with Crippen molar-refractivity contribution in [1.29, 1.82) is 0 Å². The minimum absolute atomic E-state index is 0.226. The molecule has 0 aliphatic heterocycles. The largest absolute Gasteiger partial charge is 0.485 e. The number of aromatic nitrogens is 1. The number of carbonyl (C=O) groups is 3. The number of aromatic carboxylic acids is 1. The number of rotatable bonds is 10. The number of nitrogens with zero attached hydrogens (tertiary/aromatic N) is 2. The van der Waals surface area contributed by atoms with Crippen molar-refractivity contribution in [2.45, 2.75) is 72.6 Å². The Balaban J connectivity index is 1.74. The van der Waals surface area contributed by atoms with Gasteiger partial charge in [0.05, 0.1) is 5.52 Å². The Kier molecular flexibility index (Phi) is 10.5. The van der Waals surface area contributed by atoms with Crippen molar-refractivity contribution in [2.24, 2.45) is 0 Å². The Morgan fingerprint density at radius 1 is 0.696 bits per heavy atom. The number of carbonyl (C=O) groups excluding carboxylic acids is 2. The van der Waals surface area contributed by atoms with Crippen molar-refractivity contribution in [3.05, 3.63) is 101 Å². The summed E-state index contributed by atoms with van der Waals surface area (Å²) in [6.07, 6.45) is -2.19. The van der Waals surface area contributed by atoms with Gasteiger partial charge in [-0.25, -0.2) is 19.4 Å². The van der Waals surface area contributed by atoms with Crippen LogP contribution in [0.3, 0.4) is 0 Å². The van der Waals surface area contributed by atoms with Crippen molar-refractivity contribution in [3.8, 4) is 11.5 Å². The van der Waals surface area contributed by atoms with Crippen molar-refractivity contribution in [1.82, 2.24) is 10.0 Å².